The Balaban J connectivity index is 1.41. The van der Waals surface area contributed by atoms with Crippen LogP contribution in [0.2, 0.25) is 0 Å². The van der Waals surface area contributed by atoms with Crippen LogP contribution in [0.1, 0.15) is 4.88 Å². The highest BCUT2D eigenvalue weighted by Gasteiger charge is 2.21. The topological polar surface area (TPSA) is 61.4 Å². The maximum atomic E-state index is 12.3. The van der Waals surface area contributed by atoms with Gasteiger partial charge in [-0.3, -0.25) is 9.69 Å². The smallest absolute Gasteiger partial charge is 0.321 e. The van der Waals surface area contributed by atoms with E-state index < -0.39 is 0 Å². The number of urea groups is 1. The zero-order valence-electron chi connectivity index (χ0n) is 15.1. The Morgan fingerprint density at radius 2 is 1.93 bits per heavy atom. The summed E-state index contributed by atoms with van der Waals surface area (Å²) in [4.78, 5) is 27.9. The third kappa shape index (κ3) is 4.13. The van der Waals surface area contributed by atoms with Crippen molar-refractivity contribution in [3.8, 4) is 10.4 Å². The minimum atomic E-state index is -0.210. The van der Waals surface area contributed by atoms with Gasteiger partial charge in [-0.15, -0.1) is 11.3 Å². The molecule has 140 valence electrons. The molecule has 0 spiro atoms. The van der Waals surface area contributed by atoms with E-state index in [0.717, 1.165) is 15.4 Å². The van der Waals surface area contributed by atoms with Gasteiger partial charge in [-0.25, -0.2) is 4.79 Å². The second-order valence-electron chi connectivity index (χ2n) is 6.32. The molecular formula is C22H19N3O2S. The predicted molar refractivity (Wildman–Crippen MR) is 115 cm³/mol. The number of anilines is 2. The molecule has 2 heterocycles. The molecule has 6 heteroatoms. The van der Waals surface area contributed by atoms with Crippen molar-refractivity contribution in [2.45, 2.75) is 0 Å². The third-order valence-corrected chi connectivity index (χ3v) is 5.47. The molecule has 1 saturated heterocycles. The second kappa shape index (κ2) is 8.10. The molecule has 2 N–H and O–H groups in total. The maximum Gasteiger partial charge on any atom is 0.321 e. The average Bonchev–Trinajstić information content (AvgIpc) is 3.36. The van der Waals surface area contributed by atoms with Crippen LogP contribution >= 0.6 is 11.3 Å². The van der Waals surface area contributed by atoms with Gasteiger partial charge in [0.1, 0.15) is 0 Å². The number of carbonyl (C=O) groups is 2. The van der Waals surface area contributed by atoms with E-state index in [9.17, 15) is 9.59 Å². The van der Waals surface area contributed by atoms with Crippen molar-refractivity contribution in [2.24, 2.45) is 0 Å². The van der Waals surface area contributed by atoms with Crippen molar-refractivity contribution in [2.75, 3.05) is 23.3 Å². The fourth-order valence-electron chi connectivity index (χ4n) is 3.01. The molecule has 5 nitrogen and oxygen atoms in total. The molecule has 0 aliphatic carbocycles. The molecule has 0 bridgehead atoms. The Bertz CT molecular complexity index is 1030. The Morgan fingerprint density at radius 1 is 1.07 bits per heavy atom. The van der Waals surface area contributed by atoms with Gasteiger partial charge >= 0.3 is 6.03 Å². The molecule has 2 aromatic carbocycles. The molecular weight excluding hydrogens is 370 g/mol. The van der Waals surface area contributed by atoms with Crippen molar-refractivity contribution in [3.63, 3.8) is 0 Å². The van der Waals surface area contributed by atoms with Gasteiger partial charge < -0.3 is 10.6 Å². The zero-order chi connectivity index (χ0) is 19.3. The number of nitrogens with one attached hydrogen (secondary N) is 2. The number of thiophene rings is 1. The summed E-state index contributed by atoms with van der Waals surface area (Å²) in [5.41, 5.74) is 2.59. The highest BCUT2D eigenvalue weighted by molar-refractivity contribution is 7.16. The predicted octanol–water partition coefficient (Wildman–Crippen LogP) is 4.60. The first-order valence-corrected chi connectivity index (χ1v) is 9.80. The summed E-state index contributed by atoms with van der Waals surface area (Å²) in [7, 11) is 0. The average molecular weight is 389 g/mol. The van der Waals surface area contributed by atoms with Gasteiger partial charge in [0.15, 0.2) is 0 Å². The SMILES string of the molecule is O=C(/C=C/c1ccc(-c2ccccc2)s1)Nc1cccc(N2CCNC2=O)c1. The van der Waals surface area contributed by atoms with Crippen molar-refractivity contribution < 1.29 is 9.59 Å². The fourth-order valence-corrected chi connectivity index (χ4v) is 3.93. The van der Waals surface area contributed by atoms with E-state index in [1.807, 2.05) is 48.5 Å². The fraction of sp³-hybridized carbons (Fsp3) is 0.0909. The van der Waals surface area contributed by atoms with Crippen LogP contribution in [-0.2, 0) is 4.79 Å². The summed E-state index contributed by atoms with van der Waals surface area (Å²) in [5.74, 6) is -0.210. The molecule has 28 heavy (non-hydrogen) atoms. The Hall–Kier alpha value is -3.38. The van der Waals surface area contributed by atoms with E-state index in [1.165, 1.54) is 11.6 Å². The van der Waals surface area contributed by atoms with E-state index in [4.69, 9.17) is 0 Å². The van der Waals surface area contributed by atoms with Crippen LogP contribution in [0.4, 0.5) is 16.2 Å². The standard InChI is InChI=1S/C22H19N3O2S/c26-21(12-10-19-9-11-20(28-19)16-5-2-1-3-6-16)24-17-7-4-8-18(15-17)25-14-13-23-22(25)27/h1-12,15H,13-14H2,(H,23,27)(H,24,26)/b12-10+. The number of amides is 3. The lowest BCUT2D eigenvalue weighted by Crippen LogP contribution is -2.27. The summed E-state index contributed by atoms with van der Waals surface area (Å²) in [6.07, 6.45) is 3.33. The molecule has 0 unspecified atom stereocenters. The minimum absolute atomic E-state index is 0.115. The molecule has 0 radical (unpaired) electrons. The van der Waals surface area contributed by atoms with E-state index in [0.29, 0.717) is 18.8 Å². The first kappa shape index (κ1) is 18.0. The number of carbonyl (C=O) groups excluding carboxylic acids is 2. The van der Waals surface area contributed by atoms with Gasteiger partial charge in [0.25, 0.3) is 0 Å². The number of nitrogens with zero attached hydrogens (tertiary/aromatic N) is 1. The normalized spacial score (nSPS) is 13.7. The summed E-state index contributed by atoms with van der Waals surface area (Å²) in [6, 6.07) is 21.4. The van der Waals surface area contributed by atoms with E-state index >= 15 is 0 Å². The second-order valence-corrected chi connectivity index (χ2v) is 7.44. The van der Waals surface area contributed by atoms with Crippen molar-refractivity contribution >= 4 is 40.7 Å². The van der Waals surface area contributed by atoms with Crippen LogP contribution < -0.4 is 15.5 Å². The highest BCUT2D eigenvalue weighted by Crippen LogP contribution is 2.28. The Morgan fingerprint density at radius 3 is 2.71 bits per heavy atom. The lowest BCUT2D eigenvalue weighted by molar-refractivity contribution is -0.111. The molecule has 0 atom stereocenters. The van der Waals surface area contributed by atoms with E-state index in [1.54, 1.807) is 22.3 Å². The molecule has 0 saturated carbocycles. The quantitative estimate of drug-likeness (QED) is 0.627. The molecule has 1 fully saturated rings. The monoisotopic (exact) mass is 389 g/mol. The van der Waals surface area contributed by atoms with Crippen LogP contribution in [0.25, 0.3) is 16.5 Å². The Labute approximate surface area is 167 Å². The number of hydrogen-bond acceptors (Lipinski definition) is 3. The summed E-state index contributed by atoms with van der Waals surface area (Å²) < 4.78 is 0. The van der Waals surface area contributed by atoms with E-state index in [-0.39, 0.29) is 11.9 Å². The van der Waals surface area contributed by atoms with Crippen LogP contribution in [0.15, 0.2) is 72.8 Å². The van der Waals surface area contributed by atoms with Gasteiger partial charge in [0, 0.05) is 40.3 Å². The van der Waals surface area contributed by atoms with Crippen molar-refractivity contribution in [3.05, 3.63) is 77.7 Å². The minimum Gasteiger partial charge on any atom is -0.336 e. The molecule has 4 rings (SSSR count). The van der Waals surface area contributed by atoms with Crippen molar-refractivity contribution in [1.82, 2.24) is 5.32 Å². The first-order valence-electron chi connectivity index (χ1n) is 8.99. The Kier molecular flexibility index (Phi) is 5.21. The largest absolute Gasteiger partial charge is 0.336 e. The molecule has 1 aromatic heterocycles. The van der Waals surface area contributed by atoms with Gasteiger partial charge in [-0.1, -0.05) is 36.4 Å². The lowest BCUT2D eigenvalue weighted by Gasteiger charge is -2.15. The van der Waals surface area contributed by atoms with Crippen LogP contribution in [0.5, 0.6) is 0 Å². The molecule has 3 aromatic rings. The van der Waals surface area contributed by atoms with Gasteiger partial charge in [-0.05, 0) is 42.0 Å². The number of rotatable bonds is 5. The van der Waals surface area contributed by atoms with Crippen LogP contribution in [0, 0.1) is 0 Å². The highest BCUT2D eigenvalue weighted by atomic mass is 32.1. The van der Waals surface area contributed by atoms with Crippen LogP contribution in [0.3, 0.4) is 0 Å². The molecule has 3 amide bonds. The molecule has 1 aliphatic heterocycles. The zero-order valence-corrected chi connectivity index (χ0v) is 15.9. The van der Waals surface area contributed by atoms with Crippen molar-refractivity contribution in [1.29, 1.82) is 0 Å². The number of hydrogen-bond donors (Lipinski definition) is 2. The lowest BCUT2D eigenvalue weighted by atomic mass is 10.2. The third-order valence-electron chi connectivity index (χ3n) is 4.37. The van der Waals surface area contributed by atoms with E-state index in [2.05, 4.69) is 28.8 Å². The van der Waals surface area contributed by atoms with Gasteiger partial charge in [0.2, 0.25) is 5.91 Å². The summed E-state index contributed by atoms with van der Waals surface area (Å²) in [5, 5.41) is 5.62. The van der Waals surface area contributed by atoms with Crippen LogP contribution in [-0.4, -0.2) is 25.0 Å². The summed E-state index contributed by atoms with van der Waals surface area (Å²) >= 11 is 1.64. The van der Waals surface area contributed by atoms with Gasteiger partial charge in [-0.2, -0.15) is 0 Å². The summed E-state index contributed by atoms with van der Waals surface area (Å²) in [6.45, 7) is 1.25. The number of benzene rings is 2. The first-order chi connectivity index (χ1) is 13.7. The maximum absolute atomic E-state index is 12.3. The molecule has 1 aliphatic rings. The van der Waals surface area contributed by atoms with Gasteiger partial charge in [0.05, 0.1) is 0 Å².